The number of rotatable bonds is 10. The predicted molar refractivity (Wildman–Crippen MR) is 82.9 cm³/mol. The first kappa shape index (κ1) is 18.6. The van der Waals surface area contributed by atoms with Gasteiger partial charge in [0.15, 0.2) is 5.78 Å². The number of hydrogen-bond donors (Lipinski definition) is 2. The van der Waals surface area contributed by atoms with Crippen LogP contribution in [-0.2, 0) is 4.79 Å². The van der Waals surface area contributed by atoms with Gasteiger partial charge in [-0.15, -0.1) is 0 Å². The highest BCUT2D eigenvalue weighted by Crippen LogP contribution is 2.11. The van der Waals surface area contributed by atoms with E-state index in [0.29, 0.717) is 17.1 Å². The lowest BCUT2D eigenvalue weighted by atomic mass is 10.0. The molecule has 122 valence electrons. The van der Waals surface area contributed by atoms with E-state index < -0.39 is 12.0 Å². The summed E-state index contributed by atoms with van der Waals surface area (Å²) in [4.78, 5) is 24.7. The van der Waals surface area contributed by atoms with Crippen LogP contribution in [0.4, 0.5) is 0 Å². The van der Waals surface area contributed by atoms with Crippen LogP contribution >= 0.6 is 11.6 Å². The summed E-state index contributed by atoms with van der Waals surface area (Å²) in [6, 6.07) is 5.61. The molecule has 0 saturated heterocycles. The normalized spacial score (nSPS) is 12.4. The monoisotopic (exact) mass is 327 g/mol. The average Bonchev–Trinajstić information content (AvgIpc) is 2.50. The maximum Gasteiger partial charge on any atom is 0.169 e. The Morgan fingerprint density at radius 2 is 1.82 bits per heavy atom. The molecule has 0 bridgehead atoms. The van der Waals surface area contributed by atoms with E-state index in [1.807, 2.05) is 0 Å². The molecule has 6 heteroatoms. The molecule has 1 aromatic carbocycles. The lowest BCUT2D eigenvalue weighted by Crippen LogP contribution is -3.14. The third-order valence-corrected chi connectivity index (χ3v) is 4.08. The highest BCUT2D eigenvalue weighted by atomic mass is 35.5. The van der Waals surface area contributed by atoms with Gasteiger partial charge < -0.3 is 20.1 Å². The zero-order valence-electron chi connectivity index (χ0n) is 13.1. The molecule has 0 radical (unpaired) electrons. The minimum Gasteiger partial charge on any atom is -0.544 e. The van der Waals surface area contributed by atoms with Crippen molar-refractivity contribution in [2.24, 2.45) is 0 Å². The third kappa shape index (κ3) is 6.13. The molecular weight excluding hydrogens is 304 g/mol. The minimum atomic E-state index is -1.20. The second kappa shape index (κ2) is 9.56. The quantitative estimate of drug-likeness (QED) is 0.515. The van der Waals surface area contributed by atoms with Gasteiger partial charge in [0.2, 0.25) is 0 Å². The van der Waals surface area contributed by atoms with E-state index in [1.165, 1.54) is 4.90 Å². The van der Waals surface area contributed by atoms with E-state index in [0.717, 1.165) is 19.6 Å². The van der Waals surface area contributed by atoms with Crippen molar-refractivity contribution in [3.05, 3.63) is 34.9 Å². The molecule has 0 saturated carbocycles. The van der Waals surface area contributed by atoms with Gasteiger partial charge in [0, 0.05) is 10.6 Å². The Balaban J connectivity index is 2.55. The summed E-state index contributed by atoms with van der Waals surface area (Å²) in [5.74, 6) is -1.41. The molecule has 0 fully saturated rings. The van der Waals surface area contributed by atoms with Crippen molar-refractivity contribution < 1.29 is 24.9 Å². The molecule has 0 amide bonds. The Bertz CT molecular complexity index is 487. The van der Waals surface area contributed by atoms with Crippen LogP contribution in [0.2, 0.25) is 5.02 Å². The van der Waals surface area contributed by atoms with E-state index in [4.69, 9.17) is 11.6 Å². The molecule has 0 aliphatic heterocycles. The van der Waals surface area contributed by atoms with E-state index in [1.54, 1.807) is 29.6 Å². The van der Waals surface area contributed by atoms with Crippen LogP contribution in [0.5, 0.6) is 0 Å². The van der Waals surface area contributed by atoms with Crippen LogP contribution < -0.4 is 15.3 Å². The van der Waals surface area contributed by atoms with Crippen LogP contribution in [0.15, 0.2) is 24.3 Å². The maximum absolute atomic E-state index is 12.1. The Morgan fingerprint density at radius 3 is 2.32 bits per heavy atom. The van der Waals surface area contributed by atoms with Crippen LogP contribution in [0.3, 0.4) is 0 Å². The summed E-state index contributed by atoms with van der Waals surface area (Å²) in [6.07, 6.45) is -0.0719. The van der Waals surface area contributed by atoms with Gasteiger partial charge in [0.25, 0.3) is 0 Å². The largest absolute Gasteiger partial charge is 0.544 e. The number of likely N-dealkylation sites (N-methyl/N-ethyl adjacent to an activating group) is 1. The number of carbonyl (C=O) groups excluding carboxylic acids is 2. The van der Waals surface area contributed by atoms with Crippen LogP contribution in [-0.4, -0.2) is 44.0 Å². The second-order valence-corrected chi connectivity index (χ2v) is 5.73. The molecule has 3 N–H and O–H groups in total. The first-order valence-corrected chi connectivity index (χ1v) is 8.02. The minimum absolute atomic E-state index is 0.0719. The highest BCUT2D eigenvalue weighted by molar-refractivity contribution is 6.30. The number of nitrogens with two attached hydrogens (primary N) is 1. The standard InChI is InChI=1S/C16H23ClN2O3/c1-3-19(4-2)10-9-18-14(16(21)22)11-15(20)12-5-7-13(17)8-6-12/h5-8,14,18H,3-4,9-11H2,1-2H3,(H,21,22)/p+1/t14-/m0/s1. The van der Waals surface area contributed by atoms with Crippen molar-refractivity contribution >= 4 is 23.4 Å². The summed E-state index contributed by atoms with van der Waals surface area (Å²) in [6.45, 7) is 7.72. The predicted octanol–water partition coefficient (Wildman–Crippen LogP) is -1.48. The fraction of sp³-hybridized carbons (Fsp3) is 0.500. The van der Waals surface area contributed by atoms with E-state index in [9.17, 15) is 14.7 Å². The molecule has 1 rings (SSSR count). The maximum atomic E-state index is 12.1. The van der Waals surface area contributed by atoms with Crippen molar-refractivity contribution in [2.45, 2.75) is 26.3 Å². The van der Waals surface area contributed by atoms with Gasteiger partial charge in [-0.25, -0.2) is 0 Å². The Morgan fingerprint density at radius 1 is 1.23 bits per heavy atom. The lowest BCUT2D eigenvalue weighted by Gasteiger charge is -2.18. The van der Waals surface area contributed by atoms with E-state index >= 15 is 0 Å². The summed E-state index contributed by atoms with van der Waals surface area (Å²) in [5.41, 5.74) is 0.471. The number of hydrogen-bond acceptors (Lipinski definition) is 3. The number of aliphatic carboxylic acids is 1. The molecule has 0 aromatic heterocycles. The van der Waals surface area contributed by atoms with Crippen LogP contribution in [0.1, 0.15) is 30.6 Å². The van der Waals surface area contributed by atoms with Crippen LogP contribution in [0, 0.1) is 0 Å². The molecule has 0 unspecified atom stereocenters. The summed E-state index contributed by atoms with van der Waals surface area (Å²) < 4.78 is 0. The topological polar surface area (TPSA) is 78.2 Å². The number of ketones is 1. The molecule has 1 atom stereocenters. The molecule has 1 aromatic rings. The van der Waals surface area contributed by atoms with Gasteiger partial charge >= 0.3 is 0 Å². The number of carboxylic acids is 1. The highest BCUT2D eigenvalue weighted by Gasteiger charge is 2.20. The van der Waals surface area contributed by atoms with Gasteiger partial charge in [0.05, 0.1) is 25.5 Å². The number of nitrogens with one attached hydrogen (secondary N) is 1. The molecule has 0 heterocycles. The summed E-state index contributed by atoms with van der Waals surface area (Å²) >= 11 is 5.77. The Labute approximate surface area is 136 Å². The zero-order valence-corrected chi connectivity index (χ0v) is 13.9. The van der Waals surface area contributed by atoms with Crippen molar-refractivity contribution in [2.75, 3.05) is 26.2 Å². The van der Waals surface area contributed by atoms with E-state index in [-0.39, 0.29) is 12.2 Å². The lowest BCUT2D eigenvalue weighted by molar-refractivity contribution is -0.910. The van der Waals surface area contributed by atoms with Crippen LogP contribution in [0.25, 0.3) is 0 Å². The fourth-order valence-corrected chi connectivity index (χ4v) is 2.43. The number of quaternary nitrogens is 2. The molecule has 0 aliphatic rings. The number of Topliss-reactive ketones (excluding diaryl/α,β-unsaturated/α-hetero) is 1. The van der Waals surface area contributed by atoms with Gasteiger partial charge in [-0.1, -0.05) is 11.6 Å². The smallest absolute Gasteiger partial charge is 0.169 e. The van der Waals surface area contributed by atoms with Crippen molar-refractivity contribution in [1.82, 2.24) is 0 Å². The molecule has 0 spiro atoms. The SMILES string of the molecule is CC[NH+](CC)CC[NH2+][C@@H](CC(=O)c1ccc(Cl)cc1)C(=O)[O-]. The number of carboxylic acid groups (broad SMARTS) is 1. The zero-order chi connectivity index (χ0) is 16.5. The Kier molecular flexibility index (Phi) is 8.09. The first-order valence-electron chi connectivity index (χ1n) is 7.64. The average molecular weight is 328 g/mol. The van der Waals surface area contributed by atoms with Crippen molar-refractivity contribution in [3.8, 4) is 0 Å². The third-order valence-electron chi connectivity index (χ3n) is 3.82. The first-order chi connectivity index (χ1) is 10.5. The number of halogens is 1. The summed E-state index contributed by atoms with van der Waals surface area (Å²) in [7, 11) is 0. The molecule has 0 aliphatic carbocycles. The van der Waals surface area contributed by atoms with Gasteiger partial charge in [-0.3, -0.25) is 4.79 Å². The number of carbonyl (C=O) groups is 2. The molecule has 5 nitrogen and oxygen atoms in total. The van der Waals surface area contributed by atoms with Crippen molar-refractivity contribution in [1.29, 1.82) is 0 Å². The van der Waals surface area contributed by atoms with E-state index in [2.05, 4.69) is 13.8 Å². The van der Waals surface area contributed by atoms with Gasteiger partial charge in [-0.2, -0.15) is 0 Å². The Hall–Kier alpha value is -1.43. The van der Waals surface area contributed by atoms with Gasteiger partial charge in [-0.05, 0) is 38.1 Å². The summed E-state index contributed by atoms with van der Waals surface area (Å²) in [5, 5.41) is 13.4. The van der Waals surface area contributed by atoms with Gasteiger partial charge in [0.1, 0.15) is 19.1 Å². The fourth-order valence-electron chi connectivity index (χ4n) is 2.31. The molecular formula is C16H24ClN2O3+. The molecule has 22 heavy (non-hydrogen) atoms. The second-order valence-electron chi connectivity index (χ2n) is 5.29. The number of benzene rings is 1. The van der Waals surface area contributed by atoms with Crippen molar-refractivity contribution in [3.63, 3.8) is 0 Å².